The molecule has 0 aromatic heterocycles. The maximum atomic E-state index is 12.9. The number of rotatable bonds is 10. The molecule has 11 nitrogen and oxygen atoms in total. The molecule has 0 spiro atoms. The first-order chi connectivity index (χ1) is 19.0. The van der Waals surface area contributed by atoms with Gasteiger partial charge in [0.2, 0.25) is 10.0 Å². The Labute approximate surface area is 238 Å². The summed E-state index contributed by atoms with van der Waals surface area (Å²) in [6.07, 6.45) is 0. The van der Waals surface area contributed by atoms with Crippen LogP contribution < -0.4 is 19.5 Å². The first kappa shape index (κ1) is 29.6. The number of methoxy groups -OCH3 is 1. The second kappa shape index (κ2) is 12.4. The third-order valence-electron chi connectivity index (χ3n) is 6.15. The number of anilines is 2. The molecule has 4 rings (SSSR count). The highest BCUT2D eigenvalue weighted by Crippen LogP contribution is 2.29. The second-order valence-electron chi connectivity index (χ2n) is 8.99. The van der Waals surface area contributed by atoms with Crippen molar-refractivity contribution in [3.8, 4) is 11.5 Å². The minimum Gasteiger partial charge on any atom is -0.497 e. The van der Waals surface area contributed by atoms with Gasteiger partial charge < -0.3 is 19.7 Å². The summed E-state index contributed by atoms with van der Waals surface area (Å²) in [5.74, 6) is 0.195. The van der Waals surface area contributed by atoms with Crippen LogP contribution in [0.15, 0.2) is 76.5 Å². The van der Waals surface area contributed by atoms with Gasteiger partial charge in [-0.1, -0.05) is 11.6 Å². The summed E-state index contributed by atoms with van der Waals surface area (Å²) in [7, 11) is -4.08. The van der Waals surface area contributed by atoms with Crippen LogP contribution in [0.4, 0.5) is 11.4 Å². The van der Waals surface area contributed by atoms with E-state index in [1.165, 1.54) is 53.9 Å². The van der Waals surface area contributed by atoms with Crippen LogP contribution in [0.3, 0.4) is 0 Å². The Balaban J connectivity index is 1.32. The number of carbonyl (C=O) groups is 1. The summed E-state index contributed by atoms with van der Waals surface area (Å²) in [5.41, 5.74) is 0.738. The molecule has 40 heavy (non-hydrogen) atoms. The topological polar surface area (TPSA) is 134 Å². The van der Waals surface area contributed by atoms with Crippen LogP contribution in [0, 0.1) is 0 Å². The van der Waals surface area contributed by atoms with E-state index in [4.69, 9.17) is 21.1 Å². The number of nitrogens with zero attached hydrogens (tertiary/aromatic N) is 2. The Morgan fingerprint density at radius 2 is 1.48 bits per heavy atom. The van der Waals surface area contributed by atoms with Gasteiger partial charge in [0.1, 0.15) is 11.5 Å². The number of sulfonamides is 2. The molecule has 3 aromatic carbocycles. The third kappa shape index (κ3) is 7.23. The maximum Gasteiger partial charge on any atom is 0.262 e. The summed E-state index contributed by atoms with van der Waals surface area (Å²) in [6, 6.07) is 16.2. The first-order valence-corrected chi connectivity index (χ1v) is 15.5. The summed E-state index contributed by atoms with van der Waals surface area (Å²) in [5, 5.41) is 2.63. The van der Waals surface area contributed by atoms with Crippen LogP contribution >= 0.6 is 11.6 Å². The van der Waals surface area contributed by atoms with Gasteiger partial charge in [0, 0.05) is 37.6 Å². The number of carbonyl (C=O) groups excluding carboxylic acids is 1. The molecular weight excluding hydrogens is 580 g/mol. The minimum atomic E-state index is -3.93. The number of halogens is 1. The zero-order valence-corrected chi connectivity index (χ0v) is 24.2. The predicted octanol–water partition coefficient (Wildman–Crippen LogP) is 3.10. The van der Waals surface area contributed by atoms with Gasteiger partial charge in [-0.25, -0.2) is 16.8 Å². The van der Waals surface area contributed by atoms with E-state index in [1.807, 2.05) is 7.05 Å². The van der Waals surface area contributed by atoms with Crippen LogP contribution in [-0.4, -0.2) is 78.9 Å². The predicted molar refractivity (Wildman–Crippen MR) is 152 cm³/mol. The van der Waals surface area contributed by atoms with Gasteiger partial charge in [-0.15, -0.1) is 0 Å². The smallest absolute Gasteiger partial charge is 0.262 e. The lowest BCUT2D eigenvalue weighted by Gasteiger charge is -2.31. The van der Waals surface area contributed by atoms with Gasteiger partial charge in [-0.05, 0) is 73.8 Å². The van der Waals surface area contributed by atoms with E-state index in [9.17, 15) is 21.6 Å². The molecule has 1 aliphatic rings. The van der Waals surface area contributed by atoms with E-state index in [2.05, 4.69) is 14.9 Å². The average Bonchev–Trinajstić information content (AvgIpc) is 2.93. The van der Waals surface area contributed by atoms with E-state index in [0.717, 1.165) is 0 Å². The Kier molecular flexibility index (Phi) is 9.21. The molecule has 14 heteroatoms. The van der Waals surface area contributed by atoms with Crippen molar-refractivity contribution in [3.05, 3.63) is 71.8 Å². The molecule has 0 radical (unpaired) electrons. The van der Waals surface area contributed by atoms with Crippen LogP contribution in [0.2, 0.25) is 5.02 Å². The quantitative estimate of drug-likeness (QED) is 0.359. The molecule has 1 heterocycles. The number of benzene rings is 3. The van der Waals surface area contributed by atoms with Crippen molar-refractivity contribution < 1.29 is 31.1 Å². The van der Waals surface area contributed by atoms with E-state index < -0.39 is 32.6 Å². The first-order valence-electron chi connectivity index (χ1n) is 12.2. The zero-order valence-electron chi connectivity index (χ0n) is 21.8. The molecule has 2 N–H and O–H groups in total. The number of hydrogen-bond acceptors (Lipinski definition) is 8. The SMILES string of the molecule is COc1ccc(NS(=O)(=O)c2ccc(OCC(=O)Nc3ccc(S(=O)(=O)N4CCN(C)CC4)cc3)c(Cl)c2)cc1. The zero-order chi connectivity index (χ0) is 28.9. The van der Waals surface area contributed by atoms with Gasteiger partial charge in [0.15, 0.2) is 6.61 Å². The van der Waals surface area contributed by atoms with Crippen LogP contribution in [0.1, 0.15) is 0 Å². The molecule has 1 aliphatic heterocycles. The van der Waals surface area contributed by atoms with Gasteiger partial charge in [0.25, 0.3) is 15.9 Å². The third-order valence-corrected chi connectivity index (χ3v) is 9.74. The van der Waals surface area contributed by atoms with Gasteiger partial charge in [0.05, 0.1) is 21.9 Å². The highest BCUT2D eigenvalue weighted by Gasteiger charge is 2.27. The van der Waals surface area contributed by atoms with Crippen molar-refractivity contribution in [1.82, 2.24) is 9.21 Å². The molecule has 0 unspecified atom stereocenters. The number of piperazine rings is 1. The lowest BCUT2D eigenvalue weighted by molar-refractivity contribution is -0.118. The van der Waals surface area contributed by atoms with Gasteiger partial charge in [-0.3, -0.25) is 9.52 Å². The number of ether oxygens (including phenoxy) is 2. The number of likely N-dealkylation sites (N-methyl/N-ethyl adjacent to an activating group) is 1. The van der Waals surface area contributed by atoms with Crippen LogP contribution in [-0.2, 0) is 24.8 Å². The monoisotopic (exact) mass is 608 g/mol. The summed E-state index contributed by atoms with van der Waals surface area (Å²) < 4.78 is 65.6. The average molecular weight is 609 g/mol. The highest BCUT2D eigenvalue weighted by molar-refractivity contribution is 7.92. The van der Waals surface area contributed by atoms with Crippen molar-refractivity contribution in [2.45, 2.75) is 9.79 Å². The highest BCUT2D eigenvalue weighted by atomic mass is 35.5. The molecule has 3 aromatic rings. The molecule has 1 saturated heterocycles. The fourth-order valence-electron chi connectivity index (χ4n) is 3.87. The van der Waals surface area contributed by atoms with E-state index in [0.29, 0.717) is 43.3 Å². The number of amides is 1. The fourth-order valence-corrected chi connectivity index (χ4v) is 6.67. The Morgan fingerprint density at radius 1 is 0.875 bits per heavy atom. The molecule has 0 aliphatic carbocycles. The van der Waals surface area contributed by atoms with Crippen molar-refractivity contribution in [2.24, 2.45) is 0 Å². The van der Waals surface area contributed by atoms with Crippen LogP contribution in [0.25, 0.3) is 0 Å². The standard InChI is InChI=1S/C26H29ClN4O7S2/c1-30-13-15-31(16-14-30)40(35,36)22-9-5-19(6-10-22)28-26(32)18-38-25-12-11-23(17-24(25)27)39(33,34)29-20-3-7-21(37-2)8-4-20/h3-12,17,29H,13-16,18H2,1-2H3,(H,28,32). The lowest BCUT2D eigenvalue weighted by Crippen LogP contribution is -2.46. The molecule has 0 atom stereocenters. The lowest BCUT2D eigenvalue weighted by atomic mass is 10.3. The van der Waals surface area contributed by atoms with Crippen molar-refractivity contribution >= 4 is 48.9 Å². The molecule has 0 bridgehead atoms. The molecule has 0 saturated carbocycles. The van der Waals surface area contributed by atoms with E-state index >= 15 is 0 Å². The largest absolute Gasteiger partial charge is 0.497 e. The Hall–Kier alpha value is -3.36. The molecule has 1 fully saturated rings. The van der Waals surface area contributed by atoms with Crippen LogP contribution in [0.5, 0.6) is 11.5 Å². The van der Waals surface area contributed by atoms with Gasteiger partial charge >= 0.3 is 0 Å². The Morgan fingerprint density at radius 3 is 2.08 bits per heavy atom. The molecule has 214 valence electrons. The normalized spacial score (nSPS) is 14.9. The molecule has 1 amide bonds. The number of hydrogen-bond donors (Lipinski definition) is 2. The van der Waals surface area contributed by atoms with Crippen molar-refractivity contribution in [3.63, 3.8) is 0 Å². The summed E-state index contributed by atoms with van der Waals surface area (Å²) in [4.78, 5) is 14.5. The fraction of sp³-hybridized carbons (Fsp3) is 0.269. The summed E-state index contributed by atoms with van der Waals surface area (Å²) >= 11 is 6.22. The van der Waals surface area contributed by atoms with Gasteiger partial charge in [-0.2, -0.15) is 4.31 Å². The van der Waals surface area contributed by atoms with Crippen molar-refractivity contribution in [2.75, 3.05) is 57.0 Å². The van der Waals surface area contributed by atoms with E-state index in [-0.39, 0.29) is 20.6 Å². The Bertz CT molecular complexity index is 1560. The number of nitrogens with one attached hydrogen (secondary N) is 2. The van der Waals surface area contributed by atoms with Crippen molar-refractivity contribution in [1.29, 1.82) is 0 Å². The maximum absolute atomic E-state index is 12.9. The minimum absolute atomic E-state index is 0.00359. The molecular formula is C26H29ClN4O7S2. The second-order valence-corrected chi connectivity index (χ2v) is 13.0. The van der Waals surface area contributed by atoms with E-state index in [1.54, 1.807) is 24.3 Å². The summed E-state index contributed by atoms with van der Waals surface area (Å²) in [6.45, 7) is 1.76.